The minimum atomic E-state index is -4.76. The smallest absolute Gasteiger partial charge is 0.406 e. The third-order valence-corrected chi connectivity index (χ3v) is 4.17. The highest BCUT2D eigenvalue weighted by molar-refractivity contribution is 5.77. The fourth-order valence-corrected chi connectivity index (χ4v) is 3.15. The van der Waals surface area contributed by atoms with Crippen LogP contribution in [0.5, 0.6) is 5.75 Å². The number of β-amino-alcohol motifs (C(OH)–C–C–N with tert-alkyl or cyclic N) is 1. The van der Waals surface area contributed by atoms with E-state index in [1.54, 1.807) is 6.07 Å². The van der Waals surface area contributed by atoms with Gasteiger partial charge in [-0.25, -0.2) is 0 Å². The van der Waals surface area contributed by atoms with Crippen LogP contribution in [0.15, 0.2) is 24.3 Å². The number of halogens is 3. The van der Waals surface area contributed by atoms with Crippen molar-refractivity contribution in [1.29, 1.82) is 0 Å². The number of aliphatic hydroxyl groups excluding tert-OH is 1. The van der Waals surface area contributed by atoms with Crippen molar-refractivity contribution in [2.75, 3.05) is 19.6 Å². The van der Waals surface area contributed by atoms with Gasteiger partial charge in [0, 0.05) is 38.0 Å². The molecule has 26 heavy (non-hydrogen) atoms. The number of likely N-dealkylation sites (tertiary alicyclic amines) is 1. The van der Waals surface area contributed by atoms with Crippen LogP contribution in [0.25, 0.3) is 0 Å². The van der Waals surface area contributed by atoms with Crippen molar-refractivity contribution in [3.8, 4) is 5.75 Å². The summed E-state index contributed by atoms with van der Waals surface area (Å²) in [6.45, 7) is 5.38. The van der Waals surface area contributed by atoms with Gasteiger partial charge in [-0.1, -0.05) is 12.1 Å². The Morgan fingerprint density at radius 3 is 2.73 bits per heavy atom. The summed E-state index contributed by atoms with van der Waals surface area (Å²) in [5.74, 6) is -0.756. The maximum absolute atomic E-state index is 12.5. The Labute approximate surface area is 151 Å². The third-order valence-electron chi connectivity index (χ3n) is 4.17. The normalized spacial score (nSPS) is 19.6. The second-order valence-electron chi connectivity index (χ2n) is 6.95. The van der Waals surface area contributed by atoms with Crippen LogP contribution in [-0.2, 0) is 4.79 Å². The number of alkyl halides is 3. The van der Waals surface area contributed by atoms with E-state index in [0.29, 0.717) is 31.6 Å². The first-order valence-electron chi connectivity index (χ1n) is 8.68. The van der Waals surface area contributed by atoms with Crippen LogP contribution in [0.3, 0.4) is 0 Å². The first kappa shape index (κ1) is 20.5. The number of nitrogens with one attached hydrogen (secondary N) is 1. The molecule has 1 fully saturated rings. The molecule has 8 heteroatoms. The van der Waals surface area contributed by atoms with E-state index in [1.807, 2.05) is 18.7 Å². The summed E-state index contributed by atoms with van der Waals surface area (Å²) in [6.07, 6.45) is -4.36. The number of ether oxygens (including phenoxy) is 1. The van der Waals surface area contributed by atoms with E-state index in [0.717, 1.165) is 0 Å². The van der Waals surface area contributed by atoms with Crippen LogP contribution < -0.4 is 10.1 Å². The summed E-state index contributed by atoms with van der Waals surface area (Å²) >= 11 is 0. The molecule has 1 amide bonds. The second kappa shape index (κ2) is 8.73. The van der Waals surface area contributed by atoms with Gasteiger partial charge in [-0.15, -0.1) is 13.2 Å². The molecule has 0 unspecified atom stereocenters. The van der Waals surface area contributed by atoms with Gasteiger partial charge in [0.15, 0.2) is 0 Å². The highest BCUT2D eigenvalue weighted by Gasteiger charge is 2.31. The van der Waals surface area contributed by atoms with E-state index in [1.165, 1.54) is 18.2 Å². The maximum Gasteiger partial charge on any atom is 0.573 e. The fourth-order valence-electron chi connectivity index (χ4n) is 3.15. The lowest BCUT2D eigenvalue weighted by molar-refractivity contribution is -0.274. The number of hydrogen-bond donors (Lipinski definition) is 2. The SMILES string of the molecule is CC(C)NC(=O)C[C@H](CN1CC[C@H](O)C1)c1cccc(OC(F)(F)F)c1. The molecule has 0 aliphatic carbocycles. The molecular weight excluding hydrogens is 349 g/mol. The molecule has 1 saturated heterocycles. The lowest BCUT2D eigenvalue weighted by Crippen LogP contribution is -2.34. The zero-order chi connectivity index (χ0) is 19.3. The Morgan fingerprint density at radius 1 is 1.42 bits per heavy atom. The van der Waals surface area contributed by atoms with Crippen molar-refractivity contribution in [3.63, 3.8) is 0 Å². The minimum Gasteiger partial charge on any atom is -0.406 e. The van der Waals surface area contributed by atoms with Gasteiger partial charge in [-0.05, 0) is 38.0 Å². The predicted octanol–water partition coefficient (Wildman–Crippen LogP) is 2.65. The lowest BCUT2D eigenvalue weighted by atomic mass is 9.94. The van der Waals surface area contributed by atoms with E-state index in [-0.39, 0.29) is 30.0 Å². The van der Waals surface area contributed by atoms with Crippen LogP contribution in [0.1, 0.15) is 38.2 Å². The van der Waals surface area contributed by atoms with Crippen LogP contribution >= 0.6 is 0 Å². The monoisotopic (exact) mass is 374 g/mol. The van der Waals surface area contributed by atoms with Gasteiger partial charge >= 0.3 is 6.36 Å². The molecule has 1 heterocycles. The number of rotatable bonds is 7. The van der Waals surface area contributed by atoms with E-state index >= 15 is 0 Å². The summed E-state index contributed by atoms with van der Waals surface area (Å²) < 4.78 is 41.4. The number of carbonyl (C=O) groups is 1. The molecule has 146 valence electrons. The number of carbonyl (C=O) groups excluding carboxylic acids is 1. The van der Waals surface area contributed by atoms with Gasteiger partial charge in [-0.3, -0.25) is 4.79 Å². The molecule has 1 aromatic rings. The van der Waals surface area contributed by atoms with Crippen molar-refractivity contribution in [1.82, 2.24) is 10.2 Å². The molecule has 5 nitrogen and oxygen atoms in total. The number of amides is 1. The van der Waals surface area contributed by atoms with Crippen molar-refractivity contribution in [2.24, 2.45) is 0 Å². The molecule has 0 spiro atoms. The van der Waals surface area contributed by atoms with Gasteiger partial charge in [-0.2, -0.15) is 0 Å². The molecule has 2 atom stereocenters. The highest BCUT2D eigenvalue weighted by Crippen LogP contribution is 2.29. The molecule has 1 aromatic carbocycles. The van der Waals surface area contributed by atoms with Gasteiger partial charge < -0.3 is 20.1 Å². The van der Waals surface area contributed by atoms with E-state index < -0.39 is 12.5 Å². The largest absolute Gasteiger partial charge is 0.573 e. The highest BCUT2D eigenvalue weighted by atomic mass is 19.4. The van der Waals surface area contributed by atoms with E-state index in [9.17, 15) is 23.1 Å². The van der Waals surface area contributed by atoms with Gasteiger partial charge in [0.05, 0.1) is 6.10 Å². The second-order valence-corrected chi connectivity index (χ2v) is 6.95. The first-order valence-corrected chi connectivity index (χ1v) is 8.68. The third kappa shape index (κ3) is 6.84. The minimum absolute atomic E-state index is 0.0170. The Kier molecular flexibility index (Phi) is 6.88. The maximum atomic E-state index is 12.5. The summed E-state index contributed by atoms with van der Waals surface area (Å²) in [4.78, 5) is 14.2. The van der Waals surface area contributed by atoms with Gasteiger partial charge in [0.1, 0.15) is 5.75 Å². The average molecular weight is 374 g/mol. The molecular formula is C18H25F3N2O3. The summed E-state index contributed by atoms with van der Waals surface area (Å²) in [7, 11) is 0. The van der Waals surface area contributed by atoms with Crippen LogP contribution in [0, 0.1) is 0 Å². The fraction of sp³-hybridized carbons (Fsp3) is 0.611. The number of benzene rings is 1. The van der Waals surface area contributed by atoms with E-state index in [4.69, 9.17) is 0 Å². The van der Waals surface area contributed by atoms with Crippen molar-refractivity contribution < 1.29 is 27.8 Å². The molecule has 2 rings (SSSR count). The Morgan fingerprint density at radius 2 is 2.15 bits per heavy atom. The van der Waals surface area contributed by atoms with Crippen molar-refractivity contribution >= 4 is 5.91 Å². The van der Waals surface area contributed by atoms with E-state index in [2.05, 4.69) is 10.1 Å². The van der Waals surface area contributed by atoms with Crippen molar-refractivity contribution in [3.05, 3.63) is 29.8 Å². The number of hydrogen-bond acceptors (Lipinski definition) is 4. The number of aliphatic hydroxyl groups is 1. The summed E-state index contributed by atoms with van der Waals surface area (Å²) in [5.41, 5.74) is 0.604. The van der Waals surface area contributed by atoms with Crippen molar-refractivity contribution in [2.45, 2.75) is 51.1 Å². The molecule has 0 bridgehead atoms. The zero-order valence-electron chi connectivity index (χ0n) is 14.9. The van der Waals surface area contributed by atoms with Gasteiger partial charge in [0.2, 0.25) is 5.91 Å². The first-order chi connectivity index (χ1) is 12.1. The van der Waals surface area contributed by atoms with Crippen LogP contribution in [0.2, 0.25) is 0 Å². The summed E-state index contributed by atoms with van der Waals surface area (Å²) in [6, 6.07) is 5.73. The Hall–Kier alpha value is -1.80. The molecule has 2 N–H and O–H groups in total. The predicted molar refractivity (Wildman–Crippen MR) is 90.8 cm³/mol. The molecule has 0 saturated carbocycles. The number of nitrogens with zero attached hydrogens (tertiary/aromatic N) is 1. The standard InChI is InChI=1S/C18H25F3N2O3/c1-12(2)22-17(25)9-14(10-23-7-6-15(24)11-23)13-4-3-5-16(8-13)26-18(19,20)21/h3-5,8,12,14-15,24H,6-7,9-11H2,1-2H3,(H,22,25)/t14-,15+/m1/s1. The topological polar surface area (TPSA) is 61.8 Å². The van der Waals surface area contributed by atoms with Gasteiger partial charge in [0.25, 0.3) is 0 Å². The zero-order valence-corrected chi connectivity index (χ0v) is 14.9. The Bertz CT molecular complexity index is 608. The quantitative estimate of drug-likeness (QED) is 0.770. The average Bonchev–Trinajstić information content (AvgIpc) is 2.89. The molecule has 0 radical (unpaired) electrons. The molecule has 1 aliphatic rings. The summed E-state index contributed by atoms with van der Waals surface area (Å²) in [5, 5.41) is 12.5. The molecule has 1 aliphatic heterocycles. The Balaban J connectivity index is 2.16. The lowest BCUT2D eigenvalue weighted by Gasteiger charge is -2.24. The van der Waals surface area contributed by atoms with Crippen LogP contribution in [0.4, 0.5) is 13.2 Å². The van der Waals surface area contributed by atoms with Crippen LogP contribution in [-0.4, -0.2) is 54.1 Å². The molecule has 0 aromatic heterocycles.